The van der Waals surface area contributed by atoms with Crippen molar-refractivity contribution in [3.63, 3.8) is 0 Å². The quantitative estimate of drug-likeness (QED) is 0.747. The monoisotopic (exact) mass is 208 g/mol. The van der Waals surface area contributed by atoms with E-state index in [1.54, 1.807) is 12.1 Å². The highest BCUT2D eigenvalue weighted by molar-refractivity contribution is 5.79. The van der Waals surface area contributed by atoms with Crippen molar-refractivity contribution in [2.75, 3.05) is 0 Å². The maximum absolute atomic E-state index is 12.6. The van der Waals surface area contributed by atoms with Crippen molar-refractivity contribution < 1.29 is 13.9 Å². The zero-order chi connectivity index (χ0) is 10.7. The number of Topliss-reactive ketones (excluding diaryl/α,β-unsaturated/α-hetero) is 1. The number of hydrogen-bond acceptors (Lipinski definition) is 2. The molecule has 0 aliphatic heterocycles. The zero-order valence-electron chi connectivity index (χ0n) is 8.41. The molecule has 3 heteroatoms. The first-order valence-corrected chi connectivity index (χ1v) is 5.18. The van der Waals surface area contributed by atoms with Gasteiger partial charge in [0.1, 0.15) is 17.3 Å². The molecule has 0 bridgehead atoms. The summed E-state index contributed by atoms with van der Waals surface area (Å²) in [6.45, 7) is 0. The third-order valence-electron chi connectivity index (χ3n) is 2.61. The Hall–Kier alpha value is -1.38. The zero-order valence-corrected chi connectivity index (χ0v) is 8.41. The molecule has 0 aromatic heterocycles. The maximum Gasteiger partial charge on any atom is 0.133 e. The lowest BCUT2D eigenvalue weighted by Crippen LogP contribution is -2.23. The molecule has 1 aromatic carbocycles. The molecule has 0 spiro atoms. The summed E-state index contributed by atoms with van der Waals surface area (Å²) >= 11 is 0. The van der Waals surface area contributed by atoms with Crippen LogP contribution in [0.2, 0.25) is 0 Å². The maximum atomic E-state index is 12.6. The molecule has 0 radical (unpaired) electrons. The van der Waals surface area contributed by atoms with E-state index in [9.17, 15) is 9.18 Å². The van der Waals surface area contributed by atoms with E-state index in [0.717, 1.165) is 12.8 Å². The molecular formula is C12H13FO2. The van der Waals surface area contributed by atoms with E-state index in [1.807, 2.05) is 0 Å². The van der Waals surface area contributed by atoms with Gasteiger partial charge in [-0.3, -0.25) is 4.79 Å². The van der Waals surface area contributed by atoms with Crippen LogP contribution in [0.5, 0.6) is 5.75 Å². The molecule has 1 aliphatic carbocycles. The minimum atomic E-state index is -0.263. The lowest BCUT2D eigenvalue weighted by atomic mass is 9.96. The molecule has 1 aromatic rings. The van der Waals surface area contributed by atoms with Gasteiger partial charge in [-0.15, -0.1) is 0 Å². The molecule has 0 heterocycles. The summed E-state index contributed by atoms with van der Waals surface area (Å²) in [7, 11) is 0. The number of benzene rings is 1. The van der Waals surface area contributed by atoms with Crippen LogP contribution in [0.15, 0.2) is 24.3 Å². The Balaban J connectivity index is 1.91. The first kappa shape index (κ1) is 10.1. The van der Waals surface area contributed by atoms with Crippen molar-refractivity contribution >= 4 is 5.78 Å². The van der Waals surface area contributed by atoms with Crippen LogP contribution >= 0.6 is 0 Å². The van der Waals surface area contributed by atoms with Gasteiger partial charge in [0, 0.05) is 12.8 Å². The summed E-state index contributed by atoms with van der Waals surface area (Å²) in [5, 5.41) is 0. The van der Waals surface area contributed by atoms with E-state index in [4.69, 9.17) is 4.74 Å². The van der Waals surface area contributed by atoms with Crippen LogP contribution in [-0.2, 0) is 4.79 Å². The normalized spacial score (nSPS) is 17.8. The molecule has 1 aliphatic rings. The highest BCUT2D eigenvalue weighted by atomic mass is 19.1. The molecule has 2 rings (SSSR count). The molecule has 0 N–H and O–H groups in total. The number of rotatable bonds is 2. The number of halogens is 1. The van der Waals surface area contributed by atoms with Crippen molar-refractivity contribution in [1.29, 1.82) is 0 Å². The predicted octanol–water partition coefficient (Wildman–Crippen LogP) is 2.72. The fourth-order valence-corrected chi connectivity index (χ4v) is 1.74. The molecule has 0 unspecified atom stereocenters. The van der Waals surface area contributed by atoms with Crippen molar-refractivity contribution in [3.05, 3.63) is 30.1 Å². The summed E-state index contributed by atoms with van der Waals surface area (Å²) in [6.07, 6.45) is 2.86. The summed E-state index contributed by atoms with van der Waals surface area (Å²) in [5.74, 6) is 0.728. The molecule has 2 nitrogen and oxygen atoms in total. The second kappa shape index (κ2) is 4.43. The Morgan fingerprint density at radius 3 is 2.33 bits per heavy atom. The van der Waals surface area contributed by atoms with Gasteiger partial charge in [0.25, 0.3) is 0 Å². The molecule has 0 amide bonds. The van der Waals surface area contributed by atoms with Gasteiger partial charge < -0.3 is 4.74 Å². The van der Waals surface area contributed by atoms with Crippen LogP contribution in [0.3, 0.4) is 0 Å². The average Bonchev–Trinajstić information content (AvgIpc) is 2.25. The van der Waals surface area contributed by atoms with Crippen molar-refractivity contribution in [3.8, 4) is 5.75 Å². The topological polar surface area (TPSA) is 26.3 Å². The fourth-order valence-electron chi connectivity index (χ4n) is 1.74. The Labute approximate surface area is 88.1 Å². The Kier molecular flexibility index (Phi) is 2.99. The van der Waals surface area contributed by atoms with E-state index < -0.39 is 0 Å². The number of hydrogen-bond donors (Lipinski definition) is 0. The van der Waals surface area contributed by atoms with E-state index >= 15 is 0 Å². The van der Waals surface area contributed by atoms with Crippen molar-refractivity contribution in [2.24, 2.45) is 0 Å². The molecule has 80 valence electrons. The standard InChI is InChI=1S/C12H13FO2/c13-9-1-5-11(6-2-9)15-12-7-3-10(14)4-8-12/h1-2,5-6,12H,3-4,7-8H2. The van der Waals surface area contributed by atoms with Gasteiger partial charge in [-0.2, -0.15) is 0 Å². The molecule has 1 saturated carbocycles. The van der Waals surface area contributed by atoms with Crippen LogP contribution in [0.25, 0.3) is 0 Å². The molecular weight excluding hydrogens is 195 g/mol. The molecule has 0 saturated heterocycles. The lowest BCUT2D eigenvalue weighted by Gasteiger charge is -2.22. The highest BCUT2D eigenvalue weighted by Gasteiger charge is 2.19. The number of ketones is 1. The van der Waals surface area contributed by atoms with Crippen LogP contribution in [0.4, 0.5) is 4.39 Å². The summed E-state index contributed by atoms with van der Waals surface area (Å²) < 4.78 is 18.3. The minimum Gasteiger partial charge on any atom is -0.490 e. The minimum absolute atomic E-state index is 0.105. The smallest absolute Gasteiger partial charge is 0.133 e. The third kappa shape index (κ3) is 2.78. The van der Waals surface area contributed by atoms with Gasteiger partial charge in [0.05, 0.1) is 6.10 Å². The SMILES string of the molecule is O=C1CCC(Oc2ccc(F)cc2)CC1. The van der Waals surface area contributed by atoms with Gasteiger partial charge in [0.15, 0.2) is 0 Å². The summed E-state index contributed by atoms with van der Waals surface area (Å²) in [5.41, 5.74) is 0. The molecule has 0 atom stereocenters. The van der Waals surface area contributed by atoms with E-state index in [2.05, 4.69) is 0 Å². The van der Waals surface area contributed by atoms with Crippen molar-refractivity contribution in [2.45, 2.75) is 31.8 Å². The summed E-state index contributed by atoms with van der Waals surface area (Å²) in [6, 6.07) is 5.99. The summed E-state index contributed by atoms with van der Waals surface area (Å²) in [4.78, 5) is 11.0. The van der Waals surface area contributed by atoms with Crippen LogP contribution in [0, 0.1) is 5.82 Å². The Morgan fingerprint density at radius 2 is 1.73 bits per heavy atom. The van der Waals surface area contributed by atoms with Gasteiger partial charge in [-0.1, -0.05) is 0 Å². The lowest BCUT2D eigenvalue weighted by molar-refractivity contribution is -0.121. The van der Waals surface area contributed by atoms with Crippen molar-refractivity contribution in [1.82, 2.24) is 0 Å². The number of ether oxygens (including phenoxy) is 1. The first-order valence-electron chi connectivity index (χ1n) is 5.18. The molecule has 1 fully saturated rings. The average molecular weight is 208 g/mol. The van der Waals surface area contributed by atoms with Gasteiger partial charge in [0.2, 0.25) is 0 Å². The third-order valence-corrected chi connectivity index (χ3v) is 2.61. The fraction of sp³-hybridized carbons (Fsp3) is 0.417. The van der Waals surface area contributed by atoms with E-state index in [1.165, 1.54) is 12.1 Å². The largest absolute Gasteiger partial charge is 0.490 e. The van der Waals surface area contributed by atoms with Crippen LogP contribution in [-0.4, -0.2) is 11.9 Å². The second-order valence-corrected chi connectivity index (χ2v) is 3.81. The second-order valence-electron chi connectivity index (χ2n) is 3.81. The van der Waals surface area contributed by atoms with Gasteiger partial charge in [-0.25, -0.2) is 4.39 Å². The number of carbonyl (C=O) groups excluding carboxylic acids is 1. The Bertz CT molecular complexity index is 335. The first-order chi connectivity index (χ1) is 7.24. The van der Waals surface area contributed by atoms with E-state index in [-0.39, 0.29) is 11.9 Å². The molecule has 15 heavy (non-hydrogen) atoms. The van der Waals surface area contributed by atoms with Crippen LogP contribution < -0.4 is 4.74 Å². The van der Waals surface area contributed by atoms with Crippen LogP contribution in [0.1, 0.15) is 25.7 Å². The van der Waals surface area contributed by atoms with E-state index in [0.29, 0.717) is 24.4 Å². The van der Waals surface area contributed by atoms with Gasteiger partial charge in [-0.05, 0) is 37.1 Å². The number of carbonyl (C=O) groups is 1. The predicted molar refractivity (Wildman–Crippen MR) is 54.3 cm³/mol. The Morgan fingerprint density at radius 1 is 1.13 bits per heavy atom. The highest BCUT2D eigenvalue weighted by Crippen LogP contribution is 2.21. The van der Waals surface area contributed by atoms with Gasteiger partial charge >= 0.3 is 0 Å².